The van der Waals surface area contributed by atoms with Crippen molar-refractivity contribution in [1.82, 2.24) is 9.97 Å². The first kappa shape index (κ1) is 12.1. The average molecular weight is 305 g/mol. The minimum Gasteiger partial charge on any atom is -0.353 e. The number of hydrogen-bond donors (Lipinski definition) is 0. The molecule has 1 aromatic rings. The highest BCUT2D eigenvalue weighted by molar-refractivity contribution is 9.10. The van der Waals surface area contributed by atoms with Gasteiger partial charge in [0.1, 0.15) is 12.1 Å². The lowest BCUT2D eigenvalue weighted by Crippen LogP contribution is -2.41. The molecular formula is C11H15BrClN3. The topological polar surface area (TPSA) is 29.0 Å². The summed E-state index contributed by atoms with van der Waals surface area (Å²) in [5.41, 5.74) is 0. The molecule has 3 nitrogen and oxygen atoms in total. The Balaban J connectivity index is 2.13. The molecule has 5 heteroatoms. The van der Waals surface area contributed by atoms with Crippen molar-refractivity contribution in [3.05, 3.63) is 17.0 Å². The van der Waals surface area contributed by atoms with Gasteiger partial charge in [0.25, 0.3) is 0 Å². The van der Waals surface area contributed by atoms with Gasteiger partial charge in [-0.1, -0.05) is 0 Å². The number of nitrogens with zero attached hydrogens (tertiary/aromatic N) is 3. The molecule has 2 rings (SSSR count). The van der Waals surface area contributed by atoms with Gasteiger partial charge >= 0.3 is 0 Å². The molecule has 1 aliphatic rings. The molecule has 0 aliphatic heterocycles. The number of rotatable bonds is 5. The van der Waals surface area contributed by atoms with Crippen LogP contribution in [-0.4, -0.2) is 28.4 Å². The predicted molar refractivity (Wildman–Crippen MR) is 70.1 cm³/mol. The van der Waals surface area contributed by atoms with E-state index < -0.39 is 0 Å². The van der Waals surface area contributed by atoms with Crippen LogP contribution in [0.2, 0.25) is 0 Å². The Kier molecular flexibility index (Phi) is 4.41. The third kappa shape index (κ3) is 2.66. The SMILES string of the molecule is ClCCCN(c1ncncc1Br)C1CCC1. The van der Waals surface area contributed by atoms with Crippen molar-refractivity contribution < 1.29 is 0 Å². The van der Waals surface area contributed by atoms with Crippen LogP contribution in [0.3, 0.4) is 0 Å². The van der Waals surface area contributed by atoms with Crippen LogP contribution in [0.5, 0.6) is 0 Å². The van der Waals surface area contributed by atoms with Crippen LogP contribution in [-0.2, 0) is 0 Å². The van der Waals surface area contributed by atoms with Crippen molar-refractivity contribution in [2.45, 2.75) is 31.7 Å². The third-order valence-corrected chi connectivity index (χ3v) is 3.80. The molecule has 1 saturated carbocycles. The Labute approximate surface area is 109 Å². The highest BCUT2D eigenvalue weighted by Gasteiger charge is 2.26. The van der Waals surface area contributed by atoms with E-state index in [2.05, 4.69) is 30.8 Å². The molecule has 0 radical (unpaired) electrons. The van der Waals surface area contributed by atoms with E-state index in [0.717, 1.165) is 23.3 Å². The number of hydrogen-bond acceptors (Lipinski definition) is 3. The Bertz CT molecular complexity index is 344. The second kappa shape index (κ2) is 5.82. The molecular weight excluding hydrogens is 289 g/mol. The van der Waals surface area contributed by atoms with E-state index in [9.17, 15) is 0 Å². The summed E-state index contributed by atoms with van der Waals surface area (Å²) < 4.78 is 0.969. The van der Waals surface area contributed by atoms with Crippen molar-refractivity contribution >= 4 is 33.3 Å². The van der Waals surface area contributed by atoms with Crippen molar-refractivity contribution in [1.29, 1.82) is 0 Å². The van der Waals surface area contributed by atoms with Gasteiger partial charge in [-0.3, -0.25) is 0 Å². The summed E-state index contributed by atoms with van der Waals surface area (Å²) in [6.07, 6.45) is 8.25. The van der Waals surface area contributed by atoms with Crippen LogP contribution in [0, 0.1) is 0 Å². The second-order valence-electron chi connectivity index (χ2n) is 4.01. The zero-order valence-electron chi connectivity index (χ0n) is 9.07. The zero-order valence-corrected chi connectivity index (χ0v) is 11.4. The fraction of sp³-hybridized carbons (Fsp3) is 0.636. The second-order valence-corrected chi connectivity index (χ2v) is 5.25. The minimum absolute atomic E-state index is 0.634. The Morgan fingerprint density at radius 1 is 1.50 bits per heavy atom. The van der Waals surface area contributed by atoms with Gasteiger partial charge in [-0.25, -0.2) is 9.97 Å². The number of anilines is 1. The van der Waals surface area contributed by atoms with E-state index in [1.54, 1.807) is 12.5 Å². The molecule has 0 atom stereocenters. The Hall–Kier alpha value is -0.350. The van der Waals surface area contributed by atoms with E-state index in [1.807, 2.05) is 0 Å². The van der Waals surface area contributed by atoms with Crippen LogP contribution in [0.1, 0.15) is 25.7 Å². The smallest absolute Gasteiger partial charge is 0.146 e. The largest absolute Gasteiger partial charge is 0.353 e. The standard InChI is InChI=1S/C11H15BrClN3/c12-10-7-14-8-15-11(10)16(6-2-5-13)9-3-1-4-9/h7-9H,1-6H2. The van der Waals surface area contributed by atoms with Gasteiger partial charge < -0.3 is 4.90 Å². The summed E-state index contributed by atoms with van der Waals surface area (Å²) in [6.45, 7) is 0.976. The molecule has 1 aliphatic carbocycles. The molecule has 0 unspecified atom stereocenters. The lowest BCUT2D eigenvalue weighted by atomic mass is 9.91. The number of halogens is 2. The predicted octanol–water partition coefficient (Wildman–Crippen LogP) is 3.23. The lowest BCUT2D eigenvalue weighted by molar-refractivity contribution is 0.383. The van der Waals surface area contributed by atoms with Gasteiger partial charge in [0.05, 0.1) is 4.47 Å². The van der Waals surface area contributed by atoms with Gasteiger partial charge in [-0.05, 0) is 41.6 Å². The van der Waals surface area contributed by atoms with Crippen LogP contribution >= 0.6 is 27.5 Å². The first-order valence-corrected chi connectivity index (χ1v) is 6.94. The maximum absolute atomic E-state index is 5.77. The molecule has 0 aromatic carbocycles. The molecule has 0 N–H and O–H groups in total. The molecule has 0 spiro atoms. The van der Waals surface area contributed by atoms with Gasteiger partial charge in [-0.2, -0.15) is 0 Å². The summed E-state index contributed by atoms with van der Waals surface area (Å²) in [6, 6.07) is 0.634. The van der Waals surface area contributed by atoms with Crippen LogP contribution < -0.4 is 4.90 Å². The summed E-state index contributed by atoms with van der Waals surface area (Å²) in [5, 5.41) is 0. The molecule has 1 fully saturated rings. The lowest BCUT2D eigenvalue weighted by Gasteiger charge is -2.38. The highest BCUT2D eigenvalue weighted by atomic mass is 79.9. The van der Waals surface area contributed by atoms with Crippen molar-refractivity contribution in [2.24, 2.45) is 0 Å². The molecule has 88 valence electrons. The van der Waals surface area contributed by atoms with E-state index in [-0.39, 0.29) is 0 Å². The van der Waals surface area contributed by atoms with Gasteiger partial charge in [0.2, 0.25) is 0 Å². The number of aromatic nitrogens is 2. The van der Waals surface area contributed by atoms with Gasteiger partial charge in [0, 0.05) is 24.7 Å². The summed E-state index contributed by atoms with van der Waals surface area (Å²) in [4.78, 5) is 10.7. The first-order chi connectivity index (χ1) is 7.83. The molecule has 0 amide bonds. The fourth-order valence-electron chi connectivity index (χ4n) is 1.91. The van der Waals surface area contributed by atoms with Crippen LogP contribution in [0.25, 0.3) is 0 Å². The average Bonchev–Trinajstić information content (AvgIpc) is 2.22. The maximum atomic E-state index is 5.77. The first-order valence-electron chi connectivity index (χ1n) is 5.61. The fourth-order valence-corrected chi connectivity index (χ4v) is 2.48. The molecule has 0 saturated heterocycles. The summed E-state index contributed by atoms with van der Waals surface area (Å²) >= 11 is 9.28. The Morgan fingerprint density at radius 3 is 2.88 bits per heavy atom. The molecule has 16 heavy (non-hydrogen) atoms. The molecule has 1 aromatic heterocycles. The van der Waals surface area contributed by atoms with E-state index in [1.165, 1.54) is 19.3 Å². The zero-order chi connectivity index (χ0) is 11.4. The normalized spacial score (nSPS) is 15.9. The van der Waals surface area contributed by atoms with Crippen molar-refractivity contribution in [3.8, 4) is 0 Å². The molecule has 1 heterocycles. The van der Waals surface area contributed by atoms with Crippen LogP contribution in [0.15, 0.2) is 17.0 Å². The monoisotopic (exact) mass is 303 g/mol. The Morgan fingerprint density at radius 2 is 2.31 bits per heavy atom. The maximum Gasteiger partial charge on any atom is 0.146 e. The molecule has 0 bridgehead atoms. The van der Waals surface area contributed by atoms with Crippen LogP contribution in [0.4, 0.5) is 5.82 Å². The van der Waals surface area contributed by atoms with Crippen molar-refractivity contribution in [2.75, 3.05) is 17.3 Å². The van der Waals surface area contributed by atoms with E-state index in [0.29, 0.717) is 11.9 Å². The van der Waals surface area contributed by atoms with Gasteiger partial charge in [0.15, 0.2) is 0 Å². The van der Waals surface area contributed by atoms with Crippen molar-refractivity contribution in [3.63, 3.8) is 0 Å². The third-order valence-electron chi connectivity index (χ3n) is 2.97. The van der Waals surface area contributed by atoms with E-state index >= 15 is 0 Å². The summed E-state index contributed by atoms with van der Waals surface area (Å²) in [5.74, 6) is 1.70. The quantitative estimate of drug-likeness (QED) is 0.782. The summed E-state index contributed by atoms with van der Waals surface area (Å²) in [7, 11) is 0. The number of alkyl halides is 1. The minimum atomic E-state index is 0.634. The highest BCUT2D eigenvalue weighted by Crippen LogP contribution is 2.32. The van der Waals surface area contributed by atoms with E-state index in [4.69, 9.17) is 11.6 Å². The van der Waals surface area contributed by atoms with Gasteiger partial charge in [-0.15, -0.1) is 11.6 Å².